The van der Waals surface area contributed by atoms with Gasteiger partial charge in [-0.05, 0) is 19.8 Å². The van der Waals surface area contributed by atoms with E-state index < -0.39 is 17.5 Å². The van der Waals surface area contributed by atoms with Gasteiger partial charge in [-0.3, -0.25) is 4.79 Å². The molecule has 3 nitrogen and oxygen atoms in total. The summed E-state index contributed by atoms with van der Waals surface area (Å²) in [5, 5.41) is 18.7. The van der Waals surface area contributed by atoms with Crippen molar-refractivity contribution in [3.05, 3.63) is 0 Å². The molecule has 0 amide bonds. The predicted octanol–water partition coefficient (Wildman–Crippen LogP) is 1.79. The largest absolute Gasteiger partial charge is 0.481 e. The van der Waals surface area contributed by atoms with Crippen LogP contribution in [0.15, 0.2) is 0 Å². The second-order valence-corrected chi connectivity index (χ2v) is 4.19. The molecule has 0 radical (unpaired) electrons. The summed E-state index contributed by atoms with van der Waals surface area (Å²) in [5.41, 5.74) is -0.916. The molecule has 3 heteroatoms. The van der Waals surface area contributed by atoms with E-state index in [4.69, 9.17) is 5.11 Å². The Kier molecular flexibility index (Phi) is 3.31. The zero-order chi connectivity index (χ0) is 9.90. The molecule has 0 unspecified atom stereocenters. The minimum atomic E-state index is -0.916. The lowest BCUT2D eigenvalue weighted by Crippen LogP contribution is -2.40. The van der Waals surface area contributed by atoms with Crippen molar-refractivity contribution in [2.24, 2.45) is 5.41 Å². The summed E-state index contributed by atoms with van der Waals surface area (Å²) in [4.78, 5) is 11.0. The fourth-order valence-electron chi connectivity index (χ4n) is 1.92. The highest BCUT2D eigenvalue weighted by Gasteiger charge is 2.40. The number of aliphatic hydroxyl groups is 1. The average Bonchev–Trinajstić information content (AvgIpc) is 2.07. The predicted molar refractivity (Wildman–Crippen MR) is 49.5 cm³/mol. The van der Waals surface area contributed by atoms with Gasteiger partial charge in [-0.25, -0.2) is 0 Å². The number of carbonyl (C=O) groups is 1. The Morgan fingerprint density at radius 2 is 1.92 bits per heavy atom. The smallest absolute Gasteiger partial charge is 0.311 e. The highest BCUT2D eigenvalue weighted by atomic mass is 16.4. The molecule has 0 bridgehead atoms. The van der Waals surface area contributed by atoms with E-state index >= 15 is 0 Å². The molecule has 0 aliphatic heterocycles. The number of rotatable bonds is 1. The van der Waals surface area contributed by atoms with Crippen LogP contribution in [0, 0.1) is 5.41 Å². The first kappa shape index (κ1) is 10.5. The van der Waals surface area contributed by atoms with Crippen LogP contribution in [-0.4, -0.2) is 22.3 Å². The highest BCUT2D eigenvalue weighted by Crippen LogP contribution is 2.34. The number of hydrogen-bond donors (Lipinski definition) is 2. The maximum Gasteiger partial charge on any atom is 0.311 e. The van der Waals surface area contributed by atoms with Gasteiger partial charge in [-0.1, -0.05) is 25.7 Å². The number of hydrogen-bond acceptors (Lipinski definition) is 2. The summed E-state index contributed by atoms with van der Waals surface area (Å²) in [6.45, 7) is 1.66. The molecule has 1 saturated carbocycles. The Morgan fingerprint density at radius 1 is 1.31 bits per heavy atom. The third-order valence-electron chi connectivity index (χ3n) is 3.15. The van der Waals surface area contributed by atoms with Gasteiger partial charge in [0.2, 0.25) is 0 Å². The van der Waals surface area contributed by atoms with Crippen molar-refractivity contribution in [2.75, 3.05) is 0 Å². The van der Waals surface area contributed by atoms with Crippen LogP contribution in [-0.2, 0) is 4.79 Å². The van der Waals surface area contributed by atoms with Crippen LogP contribution in [0.2, 0.25) is 0 Å². The maximum atomic E-state index is 11.0. The van der Waals surface area contributed by atoms with Crippen molar-refractivity contribution in [1.82, 2.24) is 0 Å². The monoisotopic (exact) mass is 186 g/mol. The van der Waals surface area contributed by atoms with Crippen LogP contribution < -0.4 is 0 Å². The standard InChI is InChI=1S/C10H18O3/c1-10(9(12)13)7-5-3-2-4-6-8(10)11/h8,11H,2-7H2,1H3,(H,12,13)/t8-,10+/m0/s1. The molecule has 0 spiro atoms. The van der Waals surface area contributed by atoms with Crippen LogP contribution in [0.4, 0.5) is 0 Å². The van der Waals surface area contributed by atoms with Crippen molar-refractivity contribution in [3.63, 3.8) is 0 Å². The maximum absolute atomic E-state index is 11.0. The molecule has 2 N–H and O–H groups in total. The molecule has 0 saturated heterocycles. The second kappa shape index (κ2) is 4.09. The zero-order valence-electron chi connectivity index (χ0n) is 8.12. The average molecular weight is 186 g/mol. The van der Waals surface area contributed by atoms with E-state index in [1.165, 1.54) is 0 Å². The van der Waals surface area contributed by atoms with Crippen LogP contribution in [0.5, 0.6) is 0 Å². The van der Waals surface area contributed by atoms with Gasteiger partial charge in [0.15, 0.2) is 0 Å². The van der Waals surface area contributed by atoms with Crippen LogP contribution >= 0.6 is 0 Å². The minimum Gasteiger partial charge on any atom is -0.481 e. The summed E-state index contributed by atoms with van der Waals surface area (Å²) >= 11 is 0. The van der Waals surface area contributed by atoms with Gasteiger partial charge < -0.3 is 10.2 Å². The first-order valence-electron chi connectivity index (χ1n) is 4.99. The van der Waals surface area contributed by atoms with E-state index in [0.717, 1.165) is 25.7 Å². The van der Waals surface area contributed by atoms with Gasteiger partial charge in [0.25, 0.3) is 0 Å². The van der Waals surface area contributed by atoms with Crippen molar-refractivity contribution in [3.8, 4) is 0 Å². The zero-order valence-corrected chi connectivity index (χ0v) is 8.12. The van der Waals surface area contributed by atoms with Gasteiger partial charge in [0.1, 0.15) is 0 Å². The summed E-state index contributed by atoms with van der Waals surface area (Å²) in [7, 11) is 0. The van der Waals surface area contributed by atoms with Crippen LogP contribution in [0.1, 0.15) is 45.4 Å². The molecule has 1 rings (SSSR count). The van der Waals surface area contributed by atoms with E-state index in [1.54, 1.807) is 6.92 Å². The summed E-state index contributed by atoms with van der Waals surface area (Å²) in [6, 6.07) is 0. The fraction of sp³-hybridized carbons (Fsp3) is 0.900. The fourth-order valence-corrected chi connectivity index (χ4v) is 1.92. The summed E-state index contributed by atoms with van der Waals surface area (Å²) < 4.78 is 0. The topological polar surface area (TPSA) is 57.5 Å². The van der Waals surface area contributed by atoms with Gasteiger partial charge in [-0.2, -0.15) is 0 Å². The number of carboxylic acid groups (broad SMARTS) is 1. The highest BCUT2D eigenvalue weighted by molar-refractivity contribution is 5.74. The molecular weight excluding hydrogens is 168 g/mol. The normalized spacial score (nSPS) is 36.3. The van der Waals surface area contributed by atoms with Gasteiger partial charge >= 0.3 is 5.97 Å². The third-order valence-corrected chi connectivity index (χ3v) is 3.15. The van der Waals surface area contributed by atoms with E-state index in [2.05, 4.69) is 0 Å². The lowest BCUT2D eigenvalue weighted by Gasteiger charge is -2.32. The Labute approximate surface area is 78.8 Å². The molecule has 1 fully saturated rings. The minimum absolute atomic E-state index is 0.601. The third kappa shape index (κ3) is 2.21. The number of carboxylic acids is 1. The first-order chi connectivity index (χ1) is 6.07. The quantitative estimate of drug-likeness (QED) is 0.656. The van der Waals surface area contributed by atoms with E-state index in [1.807, 2.05) is 0 Å². The van der Waals surface area contributed by atoms with E-state index in [9.17, 15) is 9.90 Å². The molecule has 0 heterocycles. The second-order valence-electron chi connectivity index (χ2n) is 4.19. The molecule has 1 aliphatic rings. The molecule has 13 heavy (non-hydrogen) atoms. The lowest BCUT2D eigenvalue weighted by molar-refractivity contribution is -0.156. The molecule has 1 aliphatic carbocycles. The molecular formula is C10H18O3. The molecule has 0 aromatic rings. The van der Waals surface area contributed by atoms with Crippen molar-refractivity contribution in [1.29, 1.82) is 0 Å². The van der Waals surface area contributed by atoms with Gasteiger partial charge in [-0.15, -0.1) is 0 Å². The Balaban J connectivity index is 2.71. The Bertz CT molecular complexity index is 191. The van der Waals surface area contributed by atoms with Crippen molar-refractivity contribution in [2.45, 2.75) is 51.6 Å². The van der Waals surface area contributed by atoms with Gasteiger partial charge in [0.05, 0.1) is 11.5 Å². The SMILES string of the molecule is C[C@@]1(C(=O)O)CCCCCC[C@@H]1O. The van der Waals surface area contributed by atoms with Crippen molar-refractivity contribution >= 4 is 5.97 Å². The lowest BCUT2D eigenvalue weighted by atomic mass is 9.76. The molecule has 0 aromatic carbocycles. The Hall–Kier alpha value is -0.570. The van der Waals surface area contributed by atoms with Crippen LogP contribution in [0.3, 0.4) is 0 Å². The van der Waals surface area contributed by atoms with E-state index in [0.29, 0.717) is 12.8 Å². The van der Waals surface area contributed by atoms with Crippen LogP contribution in [0.25, 0.3) is 0 Å². The van der Waals surface area contributed by atoms with E-state index in [-0.39, 0.29) is 0 Å². The molecule has 0 aromatic heterocycles. The number of aliphatic carboxylic acids is 1. The molecule has 76 valence electrons. The Morgan fingerprint density at radius 3 is 2.54 bits per heavy atom. The number of aliphatic hydroxyl groups excluding tert-OH is 1. The first-order valence-corrected chi connectivity index (χ1v) is 4.99. The van der Waals surface area contributed by atoms with Gasteiger partial charge in [0, 0.05) is 0 Å². The summed E-state index contributed by atoms with van der Waals surface area (Å²) in [5.74, 6) is -0.859. The van der Waals surface area contributed by atoms with Crippen molar-refractivity contribution < 1.29 is 15.0 Å². The molecule has 2 atom stereocenters. The summed E-state index contributed by atoms with van der Waals surface area (Å²) in [6.07, 6.45) is 4.63.